The zero-order chi connectivity index (χ0) is 14.3. The van der Waals surface area contributed by atoms with Crippen molar-refractivity contribution in [1.82, 2.24) is 10.3 Å². The summed E-state index contributed by atoms with van der Waals surface area (Å²) in [5, 5.41) is 12.0. The number of aromatic nitrogens is 1. The molecule has 0 spiro atoms. The van der Waals surface area contributed by atoms with Crippen LogP contribution in [0.15, 0.2) is 24.4 Å². The number of imide groups is 1. The van der Waals surface area contributed by atoms with Crippen LogP contribution in [0.4, 0.5) is 0 Å². The second kappa shape index (κ2) is 4.48. The van der Waals surface area contributed by atoms with Gasteiger partial charge in [0.25, 0.3) is 0 Å². The number of carbonyl (C=O) groups excluding carboxylic acids is 2. The van der Waals surface area contributed by atoms with E-state index in [9.17, 15) is 14.4 Å². The molecular weight excluding hydrogens is 260 g/mol. The minimum atomic E-state index is -0.995. The summed E-state index contributed by atoms with van der Waals surface area (Å²) in [7, 11) is 0. The van der Waals surface area contributed by atoms with E-state index in [0.29, 0.717) is 23.7 Å². The van der Waals surface area contributed by atoms with Gasteiger partial charge in [-0.1, -0.05) is 12.1 Å². The summed E-state index contributed by atoms with van der Waals surface area (Å²) in [6.07, 6.45) is 2.23. The van der Waals surface area contributed by atoms with Crippen molar-refractivity contribution >= 4 is 28.7 Å². The number of rotatable bonds is 2. The van der Waals surface area contributed by atoms with Crippen molar-refractivity contribution in [3.8, 4) is 0 Å². The van der Waals surface area contributed by atoms with Crippen molar-refractivity contribution in [3.05, 3.63) is 35.5 Å². The maximum absolute atomic E-state index is 11.8. The van der Waals surface area contributed by atoms with Crippen LogP contribution < -0.4 is 5.32 Å². The first-order chi connectivity index (χ1) is 9.56. The van der Waals surface area contributed by atoms with Crippen molar-refractivity contribution in [2.24, 2.45) is 0 Å². The van der Waals surface area contributed by atoms with Gasteiger partial charge in [0.2, 0.25) is 11.8 Å². The molecule has 1 aliphatic heterocycles. The van der Waals surface area contributed by atoms with Gasteiger partial charge in [-0.05, 0) is 18.1 Å². The third-order valence-corrected chi connectivity index (χ3v) is 3.58. The Balaban J connectivity index is 1.99. The van der Waals surface area contributed by atoms with Crippen LogP contribution in [0.1, 0.15) is 34.7 Å². The number of carboxylic acids is 1. The molecule has 1 saturated heterocycles. The van der Waals surface area contributed by atoms with Gasteiger partial charge >= 0.3 is 5.97 Å². The van der Waals surface area contributed by atoms with E-state index in [4.69, 9.17) is 5.11 Å². The molecule has 0 aliphatic carbocycles. The Kier molecular flexibility index (Phi) is 2.78. The molecule has 3 N–H and O–H groups in total. The molecule has 6 heteroatoms. The van der Waals surface area contributed by atoms with Crippen LogP contribution in [0.5, 0.6) is 0 Å². The molecule has 1 aromatic heterocycles. The van der Waals surface area contributed by atoms with Crippen LogP contribution >= 0.6 is 0 Å². The van der Waals surface area contributed by atoms with Gasteiger partial charge in [0, 0.05) is 23.5 Å². The van der Waals surface area contributed by atoms with E-state index in [1.54, 1.807) is 18.2 Å². The molecule has 102 valence electrons. The fourth-order valence-electron chi connectivity index (χ4n) is 2.55. The van der Waals surface area contributed by atoms with Gasteiger partial charge in [-0.15, -0.1) is 0 Å². The Labute approximate surface area is 113 Å². The Hall–Kier alpha value is -2.63. The number of H-pyrrole nitrogens is 1. The lowest BCUT2D eigenvalue weighted by Gasteiger charge is -2.21. The topological polar surface area (TPSA) is 99.3 Å². The van der Waals surface area contributed by atoms with Gasteiger partial charge in [0.15, 0.2) is 0 Å². The molecule has 20 heavy (non-hydrogen) atoms. The van der Waals surface area contributed by atoms with Crippen molar-refractivity contribution in [1.29, 1.82) is 0 Å². The van der Waals surface area contributed by atoms with Gasteiger partial charge in [0.1, 0.15) is 0 Å². The third-order valence-electron chi connectivity index (χ3n) is 3.58. The smallest absolute Gasteiger partial charge is 0.337 e. The molecule has 2 heterocycles. The monoisotopic (exact) mass is 272 g/mol. The summed E-state index contributed by atoms with van der Waals surface area (Å²) >= 11 is 0. The second-order valence-corrected chi connectivity index (χ2v) is 4.82. The summed E-state index contributed by atoms with van der Waals surface area (Å²) in [6, 6.07) is 5.19. The number of aromatic amines is 1. The van der Waals surface area contributed by atoms with Gasteiger partial charge in [-0.25, -0.2) is 4.79 Å². The quantitative estimate of drug-likeness (QED) is 0.719. The highest BCUT2D eigenvalue weighted by molar-refractivity contribution is 6.04. The van der Waals surface area contributed by atoms with E-state index >= 15 is 0 Å². The van der Waals surface area contributed by atoms with Crippen molar-refractivity contribution in [3.63, 3.8) is 0 Å². The lowest BCUT2D eigenvalue weighted by atomic mass is 9.90. The molecular formula is C14H12N2O4. The van der Waals surface area contributed by atoms with Crippen molar-refractivity contribution < 1.29 is 19.5 Å². The predicted octanol–water partition coefficient (Wildman–Crippen LogP) is 1.39. The largest absolute Gasteiger partial charge is 0.478 e. The fourth-order valence-corrected chi connectivity index (χ4v) is 2.55. The van der Waals surface area contributed by atoms with Crippen LogP contribution in [0, 0.1) is 0 Å². The Bertz CT molecular complexity index is 732. The lowest BCUT2D eigenvalue weighted by Crippen LogP contribution is -2.39. The average molecular weight is 272 g/mol. The summed E-state index contributed by atoms with van der Waals surface area (Å²) in [6.45, 7) is 0. The Morgan fingerprint density at radius 2 is 2.10 bits per heavy atom. The minimum Gasteiger partial charge on any atom is -0.478 e. The van der Waals surface area contributed by atoms with Crippen LogP contribution in [-0.4, -0.2) is 27.9 Å². The van der Waals surface area contributed by atoms with Gasteiger partial charge in [0.05, 0.1) is 11.5 Å². The van der Waals surface area contributed by atoms with E-state index in [0.717, 1.165) is 5.56 Å². The van der Waals surface area contributed by atoms with Crippen molar-refractivity contribution in [2.75, 3.05) is 0 Å². The fraction of sp³-hybridized carbons (Fsp3) is 0.214. The van der Waals surface area contributed by atoms with E-state index in [1.807, 2.05) is 0 Å². The summed E-state index contributed by atoms with van der Waals surface area (Å²) in [5.74, 6) is -1.91. The highest BCUT2D eigenvalue weighted by Crippen LogP contribution is 2.28. The Morgan fingerprint density at radius 3 is 2.80 bits per heavy atom. The molecule has 2 aromatic rings. The first kappa shape index (κ1) is 12.4. The van der Waals surface area contributed by atoms with Crippen molar-refractivity contribution in [2.45, 2.75) is 18.8 Å². The Morgan fingerprint density at radius 1 is 1.30 bits per heavy atom. The molecule has 2 amide bonds. The highest BCUT2D eigenvalue weighted by Gasteiger charge is 2.28. The predicted molar refractivity (Wildman–Crippen MR) is 70.4 cm³/mol. The van der Waals surface area contributed by atoms with E-state index in [-0.39, 0.29) is 23.3 Å². The minimum absolute atomic E-state index is 0.204. The summed E-state index contributed by atoms with van der Waals surface area (Å²) in [5.41, 5.74) is 1.65. The number of piperidine rings is 1. The van der Waals surface area contributed by atoms with Gasteiger partial charge in [-0.3, -0.25) is 14.9 Å². The zero-order valence-corrected chi connectivity index (χ0v) is 10.5. The van der Waals surface area contributed by atoms with E-state index in [1.165, 1.54) is 6.20 Å². The second-order valence-electron chi connectivity index (χ2n) is 4.82. The number of benzene rings is 1. The van der Waals surface area contributed by atoms with Gasteiger partial charge < -0.3 is 10.1 Å². The first-order valence-electron chi connectivity index (χ1n) is 6.24. The molecule has 1 fully saturated rings. The lowest BCUT2D eigenvalue weighted by molar-refractivity contribution is -0.134. The molecule has 1 unspecified atom stereocenters. The number of amides is 2. The number of carbonyl (C=O) groups is 3. The average Bonchev–Trinajstić information content (AvgIpc) is 2.81. The summed E-state index contributed by atoms with van der Waals surface area (Å²) < 4.78 is 0. The molecule has 0 saturated carbocycles. The molecule has 1 aromatic carbocycles. The van der Waals surface area contributed by atoms with Crippen LogP contribution in [-0.2, 0) is 9.59 Å². The number of hydrogen-bond acceptors (Lipinski definition) is 3. The van der Waals surface area contributed by atoms with Gasteiger partial charge in [-0.2, -0.15) is 0 Å². The number of fused-ring (bicyclic) bond motifs is 1. The third kappa shape index (κ3) is 1.95. The maximum Gasteiger partial charge on any atom is 0.337 e. The first-order valence-corrected chi connectivity index (χ1v) is 6.24. The van der Waals surface area contributed by atoms with Crippen LogP contribution in [0.25, 0.3) is 10.9 Å². The van der Waals surface area contributed by atoms with Crippen LogP contribution in [0.3, 0.4) is 0 Å². The zero-order valence-electron chi connectivity index (χ0n) is 10.5. The number of aromatic carboxylic acids is 1. The maximum atomic E-state index is 11.8. The normalized spacial score (nSPS) is 19.1. The SMILES string of the molecule is O=C1CCC(c2ccc3c(C(=O)O)c[nH]c3c2)C(=O)N1. The van der Waals surface area contributed by atoms with Crippen LogP contribution in [0.2, 0.25) is 0 Å². The van der Waals surface area contributed by atoms with E-state index in [2.05, 4.69) is 10.3 Å². The molecule has 6 nitrogen and oxygen atoms in total. The van der Waals surface area contributed by atoms with E-state index < -0.39 is 5.97 Å². The highest BCUT2D eigenvalue weighted by atomic mass is 16.4. The molecule has 3 rings (SSSR count). The molecule has 0 bridgehead atoms. The molecule has 0 radical (unpaired) electrons. The molecule has 1 aliphatic rings. The standard InChI is InChI=1S/C14H12N2O4/c17-12-4-3-8(13(18)16-12)7-1-2-9-10(14(19)20)6-15-11(9)5-7/h1-2,5-6,8,15H,3-4H2,(H,19,20)(H,16,17,18). The molecule has 1 atom stereocenters. The number of nitrogens with one attached hydrogen (secondary N) is 2. The number of carboxylic acid groups (broad SMARTS) is 1. The number of hydrogen-bond donors (Lipinski definition) is 3. The summed E-state index contributed by atoms with van der Waals surface area (Å²) in [4.78, 5) is 36.9.